The van der Waals surface area contributed by atoms with Crippen molar-refractivity contribution in [3.8, 4) is 5.75 Å². The van der Waals surface area contributed by atoms with E-state index in [1.165, 1.54) is 6.20 Å². The number of benzene rings is 1. The number of anilines is 1. The molecule has 5 N–H and O–H groups in total. The first-order chi connectivity index (χ1) is 16.6. The van der Waals surface area contributed by atoms with Gasteiger partial charge in [0.15, 0.2) is 0 Å². The Morgan fingerprint density at radius 1 is 1.24 bits per heavy atom. The third-order valence-corrected chi connectivity index (χ3v) is 5.27. The summed E-state index contributed by atoms with van der Waals surface area (Å²) in [7, 11) is 3.31. The van der Waals surface area contributed by atoms with Gasteiger partial charge in [0.05, 0.1) is 24.7 Å². The van der Waals surface area contributed by atoms with Crippen LogP contribution in [0.25, 0.3) is 5.57 Å². The van der Waals surface area contributed by atoms with Crippen molar-refractivity contribution in [2.24, 2.45) is 5.73 Å². The van der Waals surface area contributed by atoms with Gasteiger partial charge in [-0.25, -0.2) is 4.98 Å². The van der Waals surface area contributed by atoms with Gasteiger partial charge in [0.2, 0.25) is 0 Å². The highest BCUT2D eigenvalue weighted by Crippen LogP contribution is 2.16. The van der Waals surface area contributed by atoms with E-state index in [2.05, 4.69) is 30.8 Å². The summed E-state index contributed by atoms with van der Waals surface area (Å²) in [6.45, 7) is 5.78. The summed E-state index contributed by atoms with van der Waals surface area (Å²) in [5, 5.41) is 9.16. The number of nitrogens with zero attached hydrogens (tertiary/aromatic N) is 3. The van der Waals surface area contributed by atoms with Crippen molar-refractivity contribution in [2.75, 3.05) is 65.4 Å². The van der Waals surface area contributed by atoms with E-state index < -0.39 is 0 Å². The Hall–Kier alpha value is -3.47. The van der Waals surface area contributed by atoms with E-state index in [9.17, 15) is 4.79 Å². The van der Waals surface area contributed by atoms with Gasteiger partial charge in [-0.3, -0.25) is 14.7 Å². The van der Waals surface area contributed by atoms with Gasteiger partial charge in [-0.1, -0.05) is 0 Å². The van der Waals surface area contributed by atoms with Gasteiger partial charge in [-0.15, -0.1) is 0 Å². The molecule has 1 aromatic carbocycles. The zero-order valence-electron chi connectivity index (χ0n) is 19.7. The predicted molar refractivity (Wildman–Crippen MR) is 132 cm³/mol. The second kappa shape index (κ2) is 13.3. The number of carbonyl (C=O) groups is 1. The predicted octanol–water partition coefficient (Wildman–Crippen LogP) is 1.06. The van der Waals surface area contributed by atoms with Crippen LogP contribution in [0.2, 0.25) is 0 Å². The van der Waals surface area contributed by atoms with Crippen molar-refractivity contribution >= 4 is 17.3 Å². The second-order valence-corrected chi connectivity index (χ2v) is 7.68. The van der Waals surface area contributed by atoms with Crippen LogP contribution in [-0.4, -0.2) is 80.9 Å². The maximum Gasteiger partial charge on any atom is 0.255 e. The Bertz CT molecular complexity index is 986. The molecule has 0 saturated carbocycles. The lowest BCUT2D eigenvalue weighted by molar-refractivity contribution is 0.0956. The number of piperazine rings is 1. The lowest BCUT2D eigenvalue weighted by Crippen LogP contribution is -2.44. The fraction of sp³-hybridized carbons (Fsp3) is 0.375. The zero-order chi connectivity index (χ0) is 24.2. The van der Waals surface area contributed by atoms with Crippen LogP contribution in [0.5, 0.6) is 5.75 Å². The lowest BCUT2D eigenvalue weighted by Gasteiger charge is -2.26. The smallest absolute Gasteiger partial charge is 0.255 e. The molecule has 0 unspecified atom stereocenters. The van der Waals surface area contributed by atoms with Crippen molar-refractivity contribution in [1.82, 2.24) is 25.5 Å². The number of nitrogens with one attached hydrogen (secondary N) is 3. The molecule has 1 fully saturated rings. The first kappa shape index (κ1) is 25.2. The van der Waals surface area contributed by atoms with E-state index in [0.717, 1.165) is 38.5 Å². The molecule has 1 aromatic heterocycles. The monoisotopic (exact) mass is 467 g/mol. The molecule has 0 spiro atoms. The molecular formula is C24H33N7O3. The molecule has 0 bridgehead atoms. The molecule has 182 valence electrons. The standard InChI is InChI=1S/C24H33N7O3/c1-26-23-16-28-15-22(30-23)19(14-25)13-20(17-33-2)29-24(32)18-3-5-21(6-4-18)34-12-11-31-9-7-27-8-10-31/h3-6,13-16,27H,7-12,17,25H2,1-2H3,(H,26,30)(H,29,32)/b19-14+,20-13+. The van der Waals surface area contributed by atoms with Gasteiger partial charge in [-0.05, 0) is 30.3 Å². The number of amides is 1. The van der Waals surface area contributed by atoms with Crippen LogP contribution in [-0.2, 0) is 4.74 Å². The van der Waals surface area contributed by atoms with Gasteiger partial charge in [0.1, 0.15) is 18.2 Å². The number of carbonyl (C=O) groups excluding carboxylic acids is 1. The first-order valence-corrected chi connectivity index (χ1v) is 11.2. The summed E-state index contributed by atoms with van der Waals surface area (Å²) in [5.41, 5.74) is 8.03. The normalized spacial score (nSPS) is 15.1. The summed E-state index contributed by atoms with van der Waals surface area (Å²) in [6, 6.07) is 7.08. The molecule has 10 heteroatoms. The highest BCUT2D eigenvalue weighted by molar-refractivity contribution is 5.95. The zero-order valence-corrected chi connectivity index (χ0v) is 19.7. The Balaban J connectivity index is 1.60. The maximum atomic E-state index is 12.8. The van der Waals surface area contributed by atoms with E-state index in [1.54, 1.807) is 56.9 Å². The van der Waals surface area contributed by atoms with E-state index in [4.69, 9.17) is 15.2 Å². The van der Waals surface area contributed by atoms with Crippen LogP contribution < -0.4 is 26.4 Å². The Kier molecular flexibility index (Phi) is 9.83. The molecule has 0 atom stereocenters. The van der Waals surface area contributed by atoms with Crippen LogP contribution in [0.15, 0.2) is 54.6 Å². The van der Waals surface area contributed by atoms with Crippen LogP contribution in [0.1, 0.15) is 16.1 Å². The number of hydrogen-bond acceptors (Lipinski definition) is 9. The molecule has 2 heterocycles. The average molecular weight is 468 g/mol. The molecule has 1 aliphatic heterocycles. The lowest BCUT2D eigenvalue weighted by atomic mass is 10.1. The van der Waals surface area contributed by atoms with Crippen molar-refractivity contribution < 1.29 is 14.3 Å². The molecule has 0 aliphatic carbocycles. The minimum atomic E-state index is -0.262. The summed E-state index contributed by atoms with van der Waals surface area (Å²) >= 11 is 0. The van der Waals surface area contributed by atoms with Crippen molar-refractivity contribution in [3.05, 3.63) is 65.9 Å². The van der Waals surface area contributed by atoms with Gasteiger partial charge in [-0.2, -0.15) is 0 Å². The summed E-state index contributed by atoms with van der Waals surface area (Å²) in [6.07, 6.45) is 6.34. The quantitative estimate of drug-likeness (QED) is 0.359. The molecule has 1 saturated heterocycles. The van der Waals surface area contributed by atoms with E-state index in [1.807, 2.05) is 0 Å². The number of rotatable bonds is 11. The molecule has 1 amide bonds. The SMILES string of the molecule is CNc1cncc(C(/C=C(\COC)NC(=O)c2ccc(OCCN3CCNCC3)cc2)=C/N)n1. The fourth-order valence-electron chi connectivity index (χ4n) is 3.44. The van der Waals surface area contributed by atoms with Crippen molar-refractivity contribution in [2.45, 2.75) is 0 Å². The summed E-state index contributed by atoms with van der Waals surface area (Å²) in [4.78, 5) is 23.8. The van der Waals surface area contributed by atoms with Gasteiger partial charge < -0.3 is 31.2 Å². The molecule has 10 nitrogen and oxygen atoms in total. The largest absolute Gasteiger partial charge is 0.492 e. The number of ether oxygens (including phenoxy) is 2. The Morgan fingerprint density at radius 2 is 2.00 bits per heavy atom. The van der Waals surface area contributed by atoms with Crippen LogP contribution >= 0.6 is 0 Å². The Labute approximate surface area is 200 Å². The van der Waals surface area contributed by atoms with Gasteiger partial charge in [0, 0.05) is 69.9 Å². The third kappa shape index (κ3) is 7.55. The topological polar surface area (TPSA) is 127 Å². The van der Waals surface area contributed by atoms with Crippen LogP contribution in [0, 0.1) is 0 Å². The summed E-state index contributed by atoms with van der Waals surface area (Å²) < 4.78 is 11.1. The minimum Gasteiger partial charge on any atom is -0.492 e. The maximum absolute atomic E-state index is 12.8. The average Bonchev–Trinajstić information content (AvgIpc) is 2.88. The number of allylic oxidation sites excluding steroid dienone is 2. The molecule has 2 aromatic rings. The Morgan fingerprint density at radius 3 is 2.68 bits per heavy atom. The molecule has 3 rings (SSSR count). The van der Waals surface area contributed by atoms with E-state index in [0.29, 0.717) is 35.0 Å². The van der Waals surface area contributed by atoms with Crippen molar-refractivity contribution in [1.29, 1.82) is 0 Å². The minimum absolute atomic E-state index is 0.190. The summed E-state index contributed by atoms with van der Waals surface area (Å²) in [5.74, 6) is 1.08. The molecule has 1 aliphatic rings. The third-order valence-electron chi connectivity index (χ3n) is 5.27. The first-order valence-electron chi connectivity index (χ1n) is 11.2. The van der Waals surface area contributed by atoms with Crippen LogP contribution in [0.3, 0.4) is 0 Å². The fourth-order valence-corrected chi connectivity index (χ4v) is 3.44. The molecule has 34 heavy (non-hydrogen) atoms. The van der Waals surface area contributed by atoms with Crippen molar-refractivity contribution in [3.63, 3.8) is 0 Å². The number of aromatic nitrogens is 2. The number of hydrogen-bond donors (Lipinski definition) is 4. The highest BCUT2D eigenvalue weighted by Gasteiger charge is 2.12. The molecular weight excluding hydrogens is 434 g/mol. The highest BCUT2D eigenvalue weighted by atomic mass is 16.5. The van der Waals surface area contributed by atoms with E-state index in [-0.39, 0.29) is 12.5 Å². The number of methoxy groups -OCH3 is 1. The van der Waals surface area contributed by atoms with E-state index >= 15 is 0 Å². The second-order valence-electron chi connectivity index (χ2n) is 7.68. The van der Waals surface area contributed by atoms with Gasteiger partial charge >= 0.3 is 0 Å². The van der Waals surface area contributed by atoms with Crippen LogP contribution in [0.4, 0.5) is 5.82 Å². The number of nitrogens with two attached hydrogens (primary N) is 1. The molecule has 0 radical (unpaired) electrons. The van der Waals surface area contributed by atoms with Gasteiger partial charge in [0.25, 0.3) is 5.91 Å².